The minimum atomic E-state index is -0.783. The van der Waals surface area contributed by atoms with E-state index in [-0.39, 0.29) is 34.7 Å². The molecule has 26 heavy (non-hydrogen) atoms. The molecule has 0 spiro atoms. The van der Waals surface area contributed by atoms with E-state index < -0.39 is 11.7 Å². The van der Waals surface area contributed by atoms with Crippen LogP contribution in [0.25, 0.3) is 0 Å². The number of anilines is 2. The van der Waals surface area contributed by atoms with Crippen molar-refractivity contribution in [3.63, 3.8) is 0 Å². The van der Waals surface area contributed by atoms with Crippen molar-refractivity contribution in [2.75, 3.05) is 5.32 Å². The van der Waals surface area contributed by atoms with E-state index in [0.29, 0.717) is 0 Å². The first kappa shape index (κ1) is 17.4. The molecule has 0 radical (unpaired) electrons. The summed E-state index contributed by atoms with van der Waals surface area (Å²) in [7, 11) is 0. The number of halogens is 1. The SMILES string of the molecule is N#Cc1ncc(Nc2nn([C@H]3CCCC[C@@H]3C#N)cc2C(N)=O)cc1F. The molecule has 0 unspecified atom stereocenters. The lowest BCUT2D eigenvalue weighted by molar-refractivity contribution is 0.100. The molecule has 0 saturated heterocycles. The van der Waals surface area contributed by atoms with Gasteiger partial charge in [0.25, 0.3) is 5.91 Å². The number of nitrogens with zero attached hydrogens (tertiary/aromatic N) is 5. The number of nitrogens with two attached hydrogens (primary N) is 1. The van der Waals surface area contributed by atoms with E-state index in [0.717, 1.165) is 31.7 Å². The van der Waals surface area contributed by atoms with Gasteiger partial charge in [-0.15, -0.1) is 0 Å². The van der Waals surface area contributed by atoms with Crippen LogP contribution in [0.1, 0.15) is 47.8 Å². The molecule has 2 heterocycles. The van der Waals surface area contributed by atoms with Crippen molar-refractivity contribution in [1.29, 1.82) is 10.5 Å². The van der Waals surface area contributed by atoms with Crippen molar-refractivity contribution in [3.8, 4) is 12.1 Å². The lowest BCUT2D eigenvalue weighted by atomic mass is 9.85. The van der Waals surface area contributed by atoms with Gasteiger partial charge in [0.1, 0.15) is 11.6 Å². The highest BCUT2D eigenvalue weighted by Gasteiger charge is 2.29. The van der Waals surface area contributed by atoms with Crippen LogP contribution in [0.15, 0.2) is 18.5 Å². The third-order valence-electron chi connectivity index (χ3n) is 4.44. The summed E-state index contributed by atoms with van der Waals surface area (Å²) in [6, 6.07) is 4.88. The molecule has 8 nitrogen and oxygen atoms in total. The third-order valence-corrected chi connectivity index (χ3v) is 4.44. The number of carbonyl (C=O) groups excluding carboxylic acids is 1. The summed E-state index contributed by atoms with van der Waals surface area (Å²) in [5.74, 6) is -1.50. The number of primary amides is 1. The van der Waals surface area contributed by atoms with Gasteiger partial charge in [-0.05, 0) is 12.8 Å². The van der Waals surface area contributed by atoms with Gasteiger partial charge in [0, 0.05) is 12.3 Å². The molecular weight excluding hydrogens is 337 g/mol. The van der Waals surface area contributed by atoms with Crippen LogP contribution in [0.4, 0.5) is 15.9 Å². The summed E-state index contributed by atoms with van der Waals surface area (Å²) >= 11 is 0. The molecular formula is C17H16FN7O. The van der Waals surface area contributed by atoms with Gasteiger partial charge in [0.2, 0.25) is 0 Å². The maximum absolute atomic E-state index is 13.7. The maximum atomic E-state index is 13.7. The average Bonchev–Trinajstić information content (AvgIpc) is 3.05. The fraction of sp³-hybridized carbons (Fsp3) is 0.353. The smallest absolute Gasteiger partial charge is 0.254 e. The lowest BCUT2D eigenvalue weighted by Gasteiger charge is -2.26. The van der Waals surface area contributed by atoms with Crippen LogP contribution >= 0.6 is 0 Å². The molecule has 0 aliphatic heterocycles. The van der Waals surface area contributed by atoms with E-state index in [4.69, 9.17) is 11.0 Å². The molecule has 132 valence electrons. The van der Waals surface area contributed by atoms with Crippen molar-refractivity contribution in [3.05, 3.63) is 35.5 Å². The van der Waals surface area contributed by atoms with Crippen LogP contribution in [0, 0.1) is 34.4 Å². The van der Waals surface area contributed by atoms with Gasteiger partial charge in [-0.3, -0.25) is 9.48 Å². The molecule has 0 aromatic carbocycles. The fourth-order valence-corrected chi connectivity index (χ4v) is 3.14. The van der Waals surface area contributed by atoms with E-state index in [1.54, 1.807) is 10.8 Å². The Hall–Kier alpha value is -3.46. The molecule has 1 fully saturated rings. The zero-order chi connectivity index (χ0) is 18.7. The Kier molecular flexibility index (Phi) is 4.81. The number of nitriles is 2. The van der Waals surface area contributed by atoms with Crippen LogP contribution in [0.3, 0.4) is 0 Å². The standard InChI is InChI=1S/C17H16FN7O/c18-13-5-11(8-22-14(13)7-20)23-17-12(16(21)26)9-25(24-17)15-4-2-1-3-10(15)6-19/h5,8-10,15H,1-4H2,(H2,21,26)(H,23,24)/t10-,15+/m1/s1. The van der Waals surface area contributed by atoms with E-state index >= 15 is 0 Å². The Labute approximate surface area is 149 Å². The molecule has 2 atom stereocenters. The molecule has 1 amide bonds. The Morgan fingerprint density at radius 3 is 2.81 bits per heavy atom. The molecule has 1 aliphatic carbocycles. The van der Waals surface area contributed by atoms with Crippen LogP contribution < -0.4 is 11.1 Å². The summed E-state index contributed by atoms with van der Waals surface area (Å²) in [5, 5.41) is 25.3. The van der Waals surface area contributed by atoms with E-state index in [2.05, 4.69) is 21.5 Å². The Bertz CT molecular complexity index is 924. The molecule has 9 heteroatoms. The van der Waals surface area contributed by atoms with Crippen molar-refractivity contribution >= 4 is 17.4 Å². The first-order valence-corrected chi connectivity index (χ1v) is 8.14. The van der Waals surface area contributed by atoms with Crippen molar-refractivity contribution in [1.82, 2.24) is 14.8 Å². The molecule has 2 aromatic rings. The highest BCUT2D eigenvalue weighted by Crippen LogP contribution is 2.34. The van der Waals surface area contributed by atoms with Crippen LogP contribution in [-0.4, -0.2) is 20.7 Å². The van der Waals surface area contributed by atoms with Crippen molar-refractivity contribution in [2.24, 2.45) is 11.7 Å². The number of hydrogen-bond donors (Lipinski definition) is 2. The molecule has 3 rings (SSSR count). The minimum absolute atomic E-state index is 0.136. The molecule has 0 bridgehead atoms. The van der Waals surface area contributed by atoms with Crippen LogP contribution in [0.5, 0.6) is 0 Å². The molecule has 2 aromatic heterocycles. The largest absolute Gasteiger partial charge is 0.365 e. The van der Waals surface area contributed by atoms with Gasteiger partial charge in [0.15, 0.2) is 17.3 Å². The summed E-state index contributed by atoms with van der Waals surface area (Å²) in [4.78, 5) is 15.5. The predicted molar refractivity (Wildman–Crippen MR) is 89.5 cm³/mol. The minimum Gasteiger partial charge on any atom is -0.365 e. The number of nitrogens with one attached hydrogen (secondary N) is 1. The zero-order valence-corrected chi connectivity index (χ0v) is 13.8. The number of aromatic nitrogens is 3. The number of carbonyl (C=O) groups is 1. The van der Waals surface area contributed by atoms with Gasteiger partial charge in [-0.2, -0.15) is 15.6 Å². The van der Waals surface area contributed by atoms with Gasteiger partial charge in [-0.25, -0.2) is 9.37 Å². The Morgan fingerprint density at radius 1 is 1.38 bits per heavy atom. The summed E-state index contributed by atoms with van der Waals surface area (Å²) < 4.78 is 15.3. The Morgan fingerprint density at radius 2 is 2.15 bits per heavy atom. The monoisotopic (exact) mass is 353 g/mol. The van der Waals surface area contributed by atoms with Crippen molar-refractivity contribution in [2.45, 2.75) is 31.7 Å². The number of amides is 1. The zero-order valence-electron chi connectivity index (χ0n) is 13.8. The van der Waals surface area contributed by atoms with Crippen LogP contribution in [0.2, 0.25) is 0 Å². The van der Waals surface area contributed by atoms with Crippen LogP contribution in [-0.2, 0) is 0 Å². The Balaban J connectivity index is 1.93. The van der Waals surface area contributed by atoms with E-state index in [9.17, 15) is 14.4 Å². The maximum Gasteiger partial charge on any atom is 0.254 e. The quantitative estimate of drug-likeness (QED) is 0.867. The highest BCUT2D eigenvalue weighted by molar-refractivity contribution is 5.98. The number of hydrogen-bond acceptors (Lipinski definition) is 6. The second-order valence-electron chi connectivity index (χ2n) is 6.11. The van der Waals surface area contributed by atoms with Crippen molar-refractivity contribution < 1.29 is 9.18 Å². The lowest BCUT2D eigenvalue weighted by Crippen LogP contribution is -2.22. The van der Waals surface area contributed by atoms with Gasteiger partial charge in [-0.1, -0.05) is 12.8 Å². The van der Waals surface area contributed by atoms with E-state index in [1.165, 1.54) is 12.4 Å². The molecule has 3 N–H and O–H groups in total. The fourth-order valence-electron chi connectivity index (χ4n) is 3.14. The number of rotatable bonds is 4. The number of pyridine rings is 1. The molecule has 1 aliphatic rings. The molecule has 1 saturated carbocycles. The van der Waals surface area contributed by atoms with Gasteiger partial charge in [0.05, 0.1) is 29.9 Å². The first-order valence-electron chi connectivity index (χ1n) is 8.14. The second kappa shape index (κ2) is 7.19. The van der Waals surface area contributed by atoms with Gasteiger partial charge >= 0.3 is 0 Å². The second-order valence-corrected chi connectivity index (χ2v) is 6.11. The highest BCUT2D eigenvalue weighted by atomic mass is 19.1. The normalized spacial score (nSPS) is 19.3. The summed E-state index contributed by atoms with van der Waals surface area (Å²) in [5.41, 5.74) is 5.47. The van der Waals surface area contributed by atoms with Gasteiger partial charge < -0.3 is 11.1 Å². The summed E-state index contributed by atoms with van der Waals surface area (Å²) in [6.45, 7) is 0. The predicted octanol–water partition coefficient (Wildman–Crippen LogP) is 2.39. The topological polar surface area (TPSA) is 133 Å². The first-order chi connectivity index (χ1) is 12.5. The average molecular weight is 353 g/mol. The summed E-state index contributed by atoms with van der Waals surface area (Å²) in [6.07, 6.45) is 6.30. The van der Waals surface area contributed by atoms with E-state index in [1.807, 2.05) is 0 Å². The third kappa shape index (κ3) is 3.33.